The lowest BCUT2D eigenvalue weighted by Gasteiger charge is -2.24. The number of hydrogen-bond donors (Lipinski definition) is 2. The number of nitrogens with one attached hydrogen (secondary N) is 2. The SMILES string of the molecule is COc1ccc(N(CC(=O)N/N=C(/C)c2cccc([N+](=O)[O-])c2)S(=O)(=O)c2ccc(NC(C)=O)cc2)cc1. The van der Waals surface area contributed by atoms with E-state index in [1.165, 1.54) is 68.6 Å². The fourth-order valence-electron chi connectivity index (χ4n) is 3.33. The first-order valence-corrected chi connectivity index (χ1v) is 12.6. The summed E-state index contributed by atoms with van der Waals surface area (Å²) in [6.45, 7) is 2.26. The van der Waals surface area contributed by atoms with E-state index < -0.39 is 27.4 Å². The second kappa shape index (κ2) is 12.0. The molecule has 3 aromatic carbocycles. The van der Waals surface area contributed by atoms with Gasteiger partial charge in [0.1, 0.15) is 12.3 Å². The Morgan fingerprint density at radius 2 is 1.68 bits per heavy atom. The number of non-ortho nitro benzene ring substituents is 1. The van der Waals surface area contributed by atoms with E-state index in [4.69, 9.17) is 4.74 Å². The zero-order valence-corrected chi connectivity index (χ0v) is 21.6. The summed E-state index contributed by atoms with van der Waals surface area (Å²) < 4.78 is 33.1. The Bertz CT molecular complexity index is 1470. The number of amides is 2. The Morgan fingerprint density at radius 1 is 1.03 bits per heavy atom. The van der Waals surface area contributed by atoms with Gasteiger partial charge >= 0.3 is 0 Å². The van der Waals surface area contributed by atoms with Gasteiger partial charge in [-0.25, -0.2) is 13.8 Å². The van der Waals surface area contributed by atoms with Crippen molar-refractivity contribution in [3.8, 4) is 5.75 Å². The Hall–Kier alpha value is -4.78. The number of rotatable bonds is 10. The minimum atomic E-state index is -4.22. The molecule has 2 N–H and O–H groups in total. The van der Waals surface area contributed by atoms with Crippen molar-refractivity contribution in [1.29, 1.82) is 0 Å². The number of carbonyl (C=O) groups excluding carboxylic acids is 2. The van der Waals surface area contributed by atoms with Crippen LogP contribution < -0.4 is 19.8 Å². The number of ether oxygens (including phenoxy) is 1. The van der Waals surface area contributed by atoms with Gasteiger partial charge < -0.3 is 10.1 Å². The van der Waals surface area contributed by atoms with Crippen LogP contribution >= 0.6 is 0 Å². The fourth-order valence-corrected chi connectivity index (χ4v) is 4.75. The Morgan fingerprint density at radius 3 is 2.26 bits per heavy atom. The topological polar surface area (TPSA) is 160 Å². The van der Waals surface area contributed by atoms with E-state index in [1.54, 1.807) is 25.1 Å². The predicted molar refractivity (Wildman–Crippen MR) is 142 cm³/mol. The van der Waals surface area contributed by atoms with E-state index in [-0.39, 0.29) is 27.9 Å². The van der Waals surface area contributed by atoms with E-state index in [0.29, 0.717) is 17.0 Å². The van der Waals surface area contributed by atoms with Gasteiger partial charge in [-0.15, -0.1) is 0 Å². The van der Waals surface area contributed by atoms with Gasteiger partial charge in [-0.3, -0.25) is 24.0 Å². The average Bonchev–Trinajstić information content (AvgIpc) is 2.90. The van der Waals surface area contributed by atoms with Gasteiger partial charge in [0, 0.05) is 30.3 Å². The highest BCUT2D eigenvalue weighted by molar-refractivity contribution is 7.92. The predicted octanol–water partition coefficient (Wildman–Crippen LogP) is 3.30. The van der Waals surface area contributed by atoms with Crippen molar-refractivity contribution in [3.05, 3.63) is 88.5 Å². The molecule has 0 radical (unpaired) electrons. The van der Waals surface area contributed by atoms with Gasteiger partial charge in [0.2, 0.25) is 5.91 Å². The quantitative estimate of drug-likeness (QED) is 0.227. The minimum Gasteiger partial charge on any atom is -0.497 e. The molecule has 3 rings (SSSR count). The molecule has 0 bridgehead atoms. The molecular formula is C25H25N5O7S. The molecule has 0 saturated heterocycles. The molecule has 198 valence electrons. The molecule has 13 heteroatoms. The molecule has 0 heterocycles. The van der Waals surface area contributed by atoms with Crippen molar-refractivity contribution < 1.29 is 27.7 Å². The Labute approximate surface area is 219 Å². The third-order valence-corrected chi connectivity index (χ3v) is 7.02. The number of nitro groups is 1. The number of hydrazone groups is 1. The lowest BCUT2D eigenvalue weighted by molar-refractivity contribution is -0.384. The summed E-state index contributed by atoms with van der Waals surface area (Å²) in [5.41, 5.74) is 3.49. The van der Waals surface area contributed by atoms with Crippen LogP contribution in [0.1, 0.15) is 19.4 Å². The average molecular weight is 540 g/mol. The maximum atomic E-state index is 13.5. The number of anilines is 2. The number of sulfonamides is 1. The lowest BCUT2D eigenvalue weighted by Crippen LogP contribution is -2.39. The van der Waals surface area contributed by atoms with Gasteiger partial charge in [-0.2, -0.15) is 5.10 Å². The number of carbonyl (C=O) groups is 2. The standard InChI is InChI=1S/C25H25N5O7S/c1-17(19-5-4-6-22(15-19)30(33)34)27-28-25(32)16-29(21-9-11-23(37-3)12-10-21)38(35,36)24-13-7-20(8-14-24)26-18(2)31/h4-15H,16H2,1-3H3,(H,26,31)(H,28,32)/b27-17-. The van der Waals surface area contributed by atoms with Crippen LogP contribution in [0.25, 0.3) is 0 Å². The first kappa shape index (κ1) is 27.8. The van der Waals surface area contributed by atoms with E-state index in [2.05, 4.69) is 15.8 Å². The molecule has 0 aliphatic heterocycles. The smallest absolute Gasteiger partial charge is 0.270 e. The zero-order chi connectivity index (χ0) is 27.9. The Kier molecular flexibility index (Phi) is 8.76. The highest BCUT2D eigenvalue weighted by atomic mass is 32.2. The highest BCUT2D eigenvalue weighted by Crippen LogP contribution is 2.26. The van der Waals surface area contributed by atoms with Crippen molar-refractivity contribution >= 4 is 44.6 Å². The van der Waals surface area contributed by atoms with Crippen molar-refractivity contribution in [1.82, 2.24) is 5.43 Å². The number of nitro benzene ring substituents is 1. The van der Waals surface area contributed by atoms with E-state index in [9.17, 15) is 28.1 Å². The maximum absolute atomic E-state index is 13.5. The van der Waals surface area contributed by atoms with Crippen LogP contribution in [0, 0.1) is 10.1 Å². The third-order valence-electron chi connectivity index (χ3n) is 5.23. The first-order chi connectivity index (χ1) is 18.0. The van der Waals surface area contributed by atoms with Crippen molar-refractivity contribution in [2.24, 2.45) is 5.10 Å². The fraction of sp³-hybridized carbons (Fsp3) is 0.160. The Balaban J connectivity index is 1.88. The summed E-state index contributed by atoms with van der Waals surface area (Å²) in [5.74, 6) is -0.561. The molecule has 0 aromatic heterocycles. The monoisotopic (exact) mass is 539 g/mol. The number of methoxy groups -OCH3 is 1. The lowest BCUT2D eigenvalue weighted by atomic mass is 10.1. The largest absolute Gasteiger partial charge is 0.497 e. The molecule has 0 unspecified atom stereocenters. The minimum absolute atomic E-state index is 0.105. The van der Waals surface area contributed by atoms with E-state index >= 15 is 0 Å². The molecule has 0 aliphatic carbocycles. The molecular weight excluding hydrogens is 514 g/mol. The second-order valence-corrected chi connectivity index (χ2v) is 9.82. The summed E-state index contributed by atoms with van der Waals surface area (Å²) in [7, 11) is -2.76. The van der Waals surface area contributed by atoms with Crippen LogP contribution in [0.4, 0.5) is 17.1 Å². The number of benzene rings is 3. The molecule has 0 spiro atoms. The van der Waals surface area contributed by atoms with Gasteiger partial charge in [0.15, 0.2) is 0 Å². The summed E-state index contributed by atoms with van der Waals surface area (Å²) in [4.78, 5) is 34.5. The van der Waals surface area contributed by atoms with Gasteiger partial charge in [0.25, 0.3) is 21.6 Å². The second-order valence-electron chi connectivity index (χ2n) is 7.95. The number of hydrogen-bond acceptors (Lipinski definition) is 8. The van der Waals surface area contributed by atoms with Crippen molar-refractivity contribution in [3.63, 3.8) is 0 Å². The molecule has 0 fully saturated rings. The van der Waals surface area contributed by atoms with Gasteiger partial charge in [0.05, 0.1) is 28.3 Å². The third kappa shape index (κ3) is 6.91. The van der Waals surface area contributed by atoms with Crippen LogP contribution in [0.5, 0.6) is 5.75 Å². The molecule has 0 atom stereocenters. The highest BCUT2D eigenvalue weighted by Gasteiger charge is 2.27. The van der Waals surface area contributed by atoms with Crippen molar-refractivity contribution in [2.45, 2.75) is 18.7 Å². The molecule has 38 heavy (non-hydrogen) atoms. The van der Waals surface area contributed by atoms with Gasteiger partial charge in [-0.1, -0.05) is 12.1 Å². The molecule has 0 aliphatic rings. The molecule has 2 amide bonds. The van der Waals surface area contributed by atoms with Crippen molar-refractivity contribution in [2.75, 3.05) is 23.3 Å². The van der Waals surface area contributed by atoms with Crippen LogP contribution in [-0.4, -0.2) is 44.5 Å². The van der Waals surface area contributed by atoms with Crippen LogP contribution in [0.15, 0.2) is 82.8 Å². The summed E-state index contributed by atoms with van der Waals surface area (Å²) in [6.07, 6.45) is 0. The first-order valence-electron chi connectivity index (χ1n) is 11.1. The summed E-state index contributed by atoms with van der Waals surface area (Å²) >= 11 is 0. The molecule has 0 saturated carbocycles. The number of nitrogens with zero attached hydrogens (tertiary/aromatic N) is 3. The molecule has 12 nitrogen and oxygen atoms in total. The zero-order valence-electron chi connectivity index (χ0n) is 20.7. The maximum Gasteiger partial charge on any atom is 0.270 e. The van der Waals surface area contributed by atoms with Gasteiger partial charge in [-0.05, 0) is 55.5 Å². The van der Waals surface area contributed by atoms with E-state index in [0.717, 1.165) is 4.31 Å². The molecule has 3 aromatic rings. The van der Waals surface area contributed by atoms with Crippen LogP contribution in [0.3, 0.4) is 0 Å². The summed E-state index contributed by atoms with van der Waals surface area (Å²) in [5, 5.41) is 17.6. The van der Waals surface area contributed by atoms with Crippen LogP contribution in [0.2, 0.25) is 0 Å². The van der Waals surface area contributed by atoms with Crippen LogP contribution in [-0.2, 0) is 19.6 Å². The van der Waals surface area contributed by atoms with E-state index in [1.807, 2.05) is 0 Å². The summed E-state index contributed by atoms with van der Waals surface area (Å²) in [6, 6.07) is 17.3. The normalized spacial score (nSPS) is 11.4.